The molecule has 1 aromatic rings. The second-order valence-corrected chi connectivity index (χ2v) is 3.91. The summed E-state index contributed by atoms with van der Waals surface area (Å²) in [4.78, 5) is 0. The van der Waals surface area contributed by atoms with Crippen molar-refractivity contribution in [3.05, 3.63) is 28.8 Å². The van der Waals surface area contributed by atoms with E-state index in [9.17, 15) is 0 Å². The molecule has 1 rings (SSSR count). The van der Waals surface area contributed by atoms with Crippen molar-refractivity contribution < 1.29 is 9.84 Å². The van der Waals surface area contributed by atoms with Gasteiger partial charge in [0.1, 0.15) is 5.75 Å². The number of nitrogens with two attached hydrogens (primary N) is 1. The summed E-state index contributed by atoms with van der Waals surface area (Å²) in [6.07, 6.45) is 0.697. The monoisotopic (exact) mass is 245 g/mol. The van der Waals surface area contributed by atoms with E-state index in [2.05, 4.69) is 12.1 Å². The van der Waals surface area contributed by atoms with Gasteiger partial charge in [-0.25, -0.2) is 0 Å². The molecule has 0 aliphatic carbocycles. The Bertz CT molecular complexity index is 319. The van der Waals surface area contributed by atoms with Gasteiger partial charge in [-0.2, -0.15) is 0 Å². The minimum Gasteiger partial charge on any atom is -0.496 e. The summed E-state index contributed by atoms with van der Waals surface area (Å²) in [6.45, 7) is 4.05. The zero-order valence-electron chi connectivity index (χ0n) is 9.99. The third-order valence-corrected chi connectivity index (χ3v) is 2.46. The highest BCUT2D eigenvalue weighted by atomic mass is 35.5. The van der Waals surface area contributed by atoms with E-state index in [1.54, 1.807) is 7.11 Å². The highest BCUT2D eigenvalue weighted by Gasteiger charge is 2.07. The number of halogens is 1. The zero-order chi connectivity index (χ0) is 11.4. The standard InChI is InChI=1S/C12H19NO2.ClH/c1-8-4-10(6-11(13)7-14)5-9(2)12(8)15-3;/h4-5,11,14H,6-7,13H2,1-3H3;1H. The van der Waals surface area contributed by atoms with Crippen molar-refractivity contribution in [1.82, 2.24) is 0 Å². The van der Waals surface area contributed by atoms with E-state index < -0.39 is 0 Å². The molecule has 92 valence electrons. The topological polar surface area (TPSA) is 55.5 Å². The number of ether oxygens (including phenoxy) is 1. The van der Waals surface area contributed by atoms with Gasteiger partial charge < -0.3 is 15.6 Å². The molecular weight excluding hydrogens is 226 g/mol. The predicted molar refractivity (Wildman–Crippen MR) is 68.5 cm³/mol. The first-order valence-corrected chi connectivity index (χ1v) is 5.09. The summed E-state index contributed by atoms with van der Waals surface area (Å²) in [6, 6.07) is 3.93. The number of aliphatic hydroxyl groups is 1. The molecule has 1 atom stereocenters. The second kappa shape index (κ2) is 6.74. The average Bonchev–Trinajstić information content (AvgIpc) is 2.17. The number of aliphatic hydroxyl groups excluding tert-OH is 1. The third-order valence-electron chi connectivity index (χ3n) is 2.46. The van der Waals surface area contributed by atoms with Crippen molar-refractivity contribution in [2.24, 2.45) is 5.73 Å². The summed E-state index contributed by atoms with van der Waals surface area (Å²) in [5, 5.41) is 8.89. The Balaban J connectivity index is 0.00000225. The van der Waals surface area contributed by atoms with Crippen LogP contribution in [0.15, 0.2) is 12.1 Å². The molecule has 0 amide bonds. The van der Waals surface area contributed by atoms with Crippen molar-refractivity contribution in [2.75, 3.05) is 13.7 Å². The Morgan fingerprint density at radius 2 is 1.81 bits per heavy atom. The molecule has 4 heteroatoms. The Morgan fingerprint density at radius 3 is 2.19 bits per heavy atom. The lowest BCUT2D eigenvalue weighted by atomic mass is 10.0. The maximum Gasteiger partial charge on any atom is 0.124 e. The molecule has 0 aliphatic heterocycles. The van der Waals surface area contributed by atoms with Crippen LogP contribution in [0.4, 0.5) is 0 Å². The highest BCUT2D eigenvalue weighted by molar-refractivity contribution is 5.85. The zero-order valence-corrected chi connectivity index (χ0v) is 10.8. The van der Waals surface area contributed by atoms with Gasteiger partial charge in [0.2, 0.25) is 0 Å². The summed E-state index contributed by atoms with van der Waals surface area (Å²) in [5.74, 6) is 0.927. The van der Waals surface area contributed by atoms with Gasteiger partial charge in [-0.05, 0) is 37.0 Å². The first-order chi connectivity index (χ1) is 7.08. The Kier molecular flexibility index (Phi) is 6.41. The van der Waals surface area contributed by atoms with Crippen LogP contribution in [0.3, 0.4) is 0 Å². The van der Waals surface area contributed by atoms with Crippen LogP contribution >= 0.6 is 12.4 Å². The third kappa shape index (κ3) is 3.67. The first kappa shape index (κ1) is 15.2. The molecule has 3 nitrogen and oxygen atoms in total. The quantitative estimate of drug-likeness (QED) is 0.847. The molecule has 1 unspecified atom stereocenters. The minimum atomic E-state index is -0.183. The molecular formula is C12H20ClNO2. The van der Waals surface area contributed by atoms with E-state index in [4.69, 9.17) is 15.6 Å². The van der Waals surface area contributed by atoms with Crippen LogP contribution in [0.2, 0.25) is 0 Å². The molecule has 0 spiro atoms. The van der Waals surface area contributed by atoms with Crippen LogP contribution in [0.1, 0.15) is 16.7 Å². The predicted octanol–water partition coefficient (Wildman–Crippen LogP) is 1.60. The number of hydrogen-bond acceptors (Lipinski definition) is 3. The summed E-state index contributed by atoms with van der Waals surface area (Å²) >= 11 is 0. The maximum atomic E-state index is 8.89. The molecule has 16 heavy (non-hydrogen) atoms. The van der Waals surface area contributed by atoms with Gasteiger partial charge in [0.05, 0.1) is 13.7 Å². The lowest BCUT2D eigenvalue weighted by molar-refractivity contribution is 0.265. The fraction of sp³-hybridized carbons (Fsp3) is 0.500. The normalized spacial score (nSPS) is 11.8. The molecule has 0 aromatic heterocycles. The second-order valence-electron chi connectivity index (χ2n) is 3.91. The van der Waals surface area contributed by atoms with Gasteiger partial charge in [0.25, 0.3) is 0 Å². The van der Waals surface area contributed by atoms with Gasteiger partial charge in [-0.15, -0.1) is 12.4 Å². The Hall–Kier alpha value is -0.770. The lowest BCUT2D eigenvalue weighted by Crippen LogP contribution is -2.26. The van der Waals surface area contributed by atoms with Crippen LogP contribution < -0.4 is 10.5 Å². The van der Waals surface area contributed by atoms with Crippen LogP contribution in [0, 0.1) is 13.8 Å². The van der Waals surface area contributed by atoms with Crippen LogP contribution in [0.25, 0.3) is 0 Å². The van der Waals surface area contributed by atoms with Crippen LogP contribution in [-0.2, 0) is 6.42 Å². The van der Waals surface area contributed by atoms with Crippen molar-refractivity contribution in [2.45, 2.75) is 26.3 Å². The molecule has 0 fully saturated rings. The molecule has 1 aromatic carbocycles. The Morgan fingerprint density at radius 1 is 1.31 bits per heavy atom. The van der Waals surface area contributed by atoms with Gasteiger partial charge >= 0.3 is 0 Å². The molecule has 0 radical (unpaired) electrons. The number of rotatable bonds is 4. The van der Waals surface area contributed by atoms with E-state index in [1.165, 1.54) is 0 Å². The van der Waals surface area contributed by atoms with Gasteiger partial charge in [-0.1, -0.05) is 12.1 Å². The smallest absolute Gasteiger partial charge is 0.124 e. The van der Waals surface area contributed by atoms with E-state index in [1.807, 2.05) is 13.8 Å². The van der Waals surface area contributed by atoms with Crippen molar-refractivity contribution in [3.63, 3.8) is 0 Å². The van der Waals surface area contributed by atoms with E-state index in [-0.39, 0.29) is 25.1 Å². The first-order valence-electron chi connectivity index (χ1n) is 5.09. The summed E-state index contributed by atoms with van der Waals surface area (Å²) in [5.41, 5.74) is 9.06. The average molecular weight is 246 g/mol. The highest BCUT2D eigenvalue weighted by Crippen LogP contribution is 2.24. The fourth-order valence-corrected chi connectivity index (χ4v) is 1.85. The van der Waals surface area contributed by atoms with Gasteiger partial charge in [-0.3, -0.25) is 0 Å². The number of hydrogen-bond donors (Lipinski definition) is 2. The molecule has 3 N–H and O–H groups in total. The van der Waals surface area contributed by atoms with Gasteiger partial charge in [0.15, 0.2) is 0 Å². The number of benzene rings is 1. The number of methoxy groups -OCH3 is 1. The molecule has 0 aliphatic rings. The molecule has 0 heterocycles. The molecule has 0 saturated heterocycles. The van der Waals surface area contributed by atoms with Crippen LogP contribution in [0.5, 0.6) is 5.75 Å². The summed E-state index contributed by atoms with van der Waals surface area (Å²) < 4.78 is 5.28. The molecule has 0 saturated carbocycles. The van der Waals surface area contributed by atoms with E-state index in [0.717, 1.165) is 22.4 Å². The van der Waals surface area contributed by atoms with Crippen molar-refractivity contribution in [3.8, 4) is 5.75 Å². The maximum absolute atomic E-state index is 8.89. The summed E-state index contributed by atoms with van der Waals surface area (Å²) in [7, 11) is 1.68. The van der Waals surface area contributed by atoms with E-state index >= 15 is 0 Å². The van der Waals surface area contributed by atoms with E-state index in [0.29, 0.717) is 6.42 Å². The molecule has 0 bridgehead atoms. The fourth-order valence-electron chi connectivity index (χ4n) is 1.85. The minimum absolute atomic E-state index is 0. The Labute approximate surface area is 103 Å². The van der Waals surface area contributed by atoms with Crippen LogP contribution in [-0.4, -0.2) is 24.9 Å². The lowest BCUT2D eigenvalue weighted by Gasteiger charge is -2.13. The van der Waals surface area contributed by atoms with Crippen molar-refractivity contribution in [1.29, 1.82) is 0 Å². The van der Waals surface area contributed by atoms with Crippen molar-refractivity contribution >= 4 is 12.4 Å². The number of aryl methyl sites for hydroxylation is 2. The SMILES string of the molecule is COc1c(C)cc(CC(N)CO)cc1C.Cl. The van der Waals surface area contributed by atoms with Gasteiger partial charge in [0, 0.05) is 6.04 Å². The largest absolute Gasteiger partial charge is 0.496 e.